The van der Waals surface area contributed by atoms with Gasteiger partial charge in [-0.05, 0) is 6.07 Å². The maximum Gasteiger partial charge on any atom is 0.405 e. The summed E-state index contributed by atoms with van der Waals surface area (Å²) in [7, 11) is 0. The molecule has 0 fully saturated rings. The predicted molar refractivity (Wildman–Crippen MR) is 56.4 cm³/mol. The molecule has 20 heavy (non-hydrogen) atoms. The van der Waals surface area contributed by atoms with Gasteiger partial charge in [-0.2, -0.15) is 13.2 Å². The van der Waals surface area contributed by atoms with Crippen molar-refractivity contribution in [2.24, 2.45) is 0 Å². The number of amides is 2. The van der Waals surface area contributed by atoms with Crippen LogP contribution < -0.4 is 10.6 Å². The van der Waals surface area contributed by atoms with Crippen molar-refractivity contribution in [3.05, 3.63) is 29.3 Å². The first kappa shape index (κ1) is 15.7. The number of hydrogen-bond acceptors (Lipinski definition) is 2. The molecule has 0 radical (unpaired) electrons. The summed E-state index contributed by atoms with van der Waals surface area (Å²) in [5.74, 6) is -4.61. The molecule has 2 amide bonds. The number of benzene rings is 1. The molecule has 0 aliphatic heterocycles. The van der Waals surface area contributed by atoms with Crippen LogP contribution in [0.15, 0.2) is 12.1 Å². The number of carboxylic acids is 1. The molecule has 0 bridgehead atoms. The second kappa shape index (κ2) is 5.72. The van der Waals surface area contributed by atoms with Gasteiger partial charge in [-0.15, -0.1) is 0 Å². The Bertz CT molecular complexity index is 544. The molecule has 0 saturated heterocycles. The van der Waals surface area contributed by atoms with E-state index in [0.29, 0.717) is 12.1 Å². The first-order chi connectivity index (χ1) is 9.10. The van der Waals surface area contributed by atoms with E-state index in [1.165, 1.54) is 5.32 Å². The molecule has 0 spiro atoms. The van der Waals surface area contributed by atoms with Crippen molar-refractivity contribution < 1.29 is 36.6 Å². The molecule has 10 heteroatoms. The third-order valence-corrected chi connectivity index (χ3v) is 1.99. The van der Waals surface area contributed by atoms with Gasteiger partial charge in [0.2, 0.25) is 0 Å². The molecule has 1 aromatic carbocycles. The molecule has 1 rings (SSSR count). The van der Waals surface area contributed by atoms with Gasteiger partial charge in [0.1, 0.15) is 6.54 Å². The van der Waals surface area contributed by atoms with Gasteiger partial charge in [-0.3, -0.25) is 0 Å². The topological polar surface area (TPSA) is 78.4 Å². The zero-order chi connectivity index (χ0) is 15.5. The number of halogens is 5. The minimum atomic E-state index is -4.67. The van der Waals surface area contributed by atoms with Crippen molar-refractivity contribution in [3.8, 4) is 0 Å². The fourth-order valence-electron chi connectivity index (χ4n) is 1.17. The van der Waals surface area contributed by atoms with E-state index < -0.39 is 47.6 Å². The number of urea groups is 1. The van der Waals surface area contributed by atoms with Crippen molar-refractivity contribution >= 4 is 17.7 Å². The van der Waals surface area contributed by atoms with E-state index >= 15 is 0 Å². The van der Waals surface area contributed by atoms with Crippen LogP contribution in [-0.2, 0) is 0 Å². The Balaban J connectivity index is 2.89. The standard InChI is InChI=1S/C10H7F5N2O3/c11-5-1-4(8(18)19)7(2-6(5)12)17-9(20)16-3-10(13,14)15/h1-2H,3H2,(H,18,19)(H2,16,17,20). The molecular formula is C10H7F5N2O3. The number of carboxylic acid groups (broad SMARTS) is 1. The third-order valence-electron chi connectivity index (χ3n) is 1.99. The molecule has 0 atom stereocenters. The highest BCUT2D eigenvalue weighted by Crippen LogP contribution is 2.20. The van der Waals surface area contributed by atoms with E-state index in [-0.39, 0.29) is 0 Å². The summed E-state index contributed by atoms with van der Waals surface area (Å²) in [5, 5.41) is 11.8. The predicted octanol–water partition coefficient (Wildman–Crippen LogP) is 2.35. The highest BCUT2D eigenvalue weighted by Gasteiger charge is 2.28. The molecule has 0 aliphatic rings. The van der Waals surface area contributed by atoms with Crippen LogP contribution in [0.3, 0.4) is 0 Å². The molecule has 0 aromatic heterocycles. The van der Waals surface area contributed by atoms with Crippen molar-refractivity contribution in [2.75, 3.05) is 11.9 Å². The van der Waals surface area contributed by atoms with E-state index in [1.807, 2.05) is 0 Å². The van der Waals surface area contributed by atoms with Crippen LogP contribution in [0.2, 0.25) is 0 Å². The Labute approximate surface area is 108 Å². The van der Waals surface area contributed by atoms with E-state index in [9.17, 15) is 31.5 Å². The number of carbonyl (C=O) groups is 2. The fraction of sp³-hybridized carbons (Fsp3) is 0.200. The van der Waals surface area contributed by atoms with Crippen LogP contribution in [0, 0.1) is 11.6 Å². The lowest BCUT2D eigenvalue weighted by atomic mass is 10.1. The number of hydrogen-bond donors (Lipinski definition) is 3. The molecular weight excluding hydrogens is 291 g/mol. The van der Waals surface area contributed by atoms with Gasteiger partial charge in [0.05, 0.1) is 11.3 Å². The second-order valence-corrected chi connectivity index (χ2v) is 3.54. The first-order valence-electron chi connectivity index (χ1n) is 4.94. The molecule has 0 saturated carbocycles. The number of carbonyl (C=O) groups excluding carboxylic acids is 1. The highest BCUT2D eigenvalue weighted by molar-refractivity contribution is 6.00. The minimum absolute atomic E-state index is 0.303. The number of anilines is 1. The maximum atomic E-state index is 12.9. The first-order valence-corrected chi connectivity index (χ1v) is 4.94. The lowest BCUT2D eigenvalue weighted by Crippen LogP contribution is -2.37. The zero-order valence-electron chi connectivity index (χ0n) is 9.52. The highest BCUT2D eigenvalue weighted by atomic mass is 19.4. The van der Waals surface area contributed by atoms with Crippen molar-refractivity contribution in [1.29, 1.82) is 0 Å². The van der Waals surface area contributed by atoms with Gasteiger partial charge in [0, 0.05) is 6.07 Å². The Morgan fingerprint density at radius 3 is 2.20 bits per heavy atom. The summed E-state index contributed by atoms with van der Waals surface area (Å²) in [6.45, 7) is -1.66. The Morgan fingerprint density at radius 2 is 1.70 bits per heavy atom. The van der Waals surface area contributed by atoms with Gasteiger partial charge in [-0.25, -0.2) is 18.4 Å². The molecule has 0 heterocycles. The Kier molecular flexibility index (Phi) is 4.48. The van der Waals surface area contributed by atoms with Crippen LogP contribution >= 0.6 is 0 Å². The number of nitrogens with one attached hydrogen (secondary N) is 2. The summed E-state index contributed by atoms with van der Waals surface area (Å²) in [6.07, 6.45) is -4.67. The largest absolute Gasteiger partial charge is 0.478 e. The van der Waals surface area contributed by atoms with Crippen LogP contribution in [-0.4, -0.2) is 29.8 Å². The molecule has 5 nitrogen and oxygen atoms in total. The van der Waals surface area contributed by atoms with Crippen LogP contribution in [0.5, 0.6) is 0 Å². The summed E-state index contributed by atoms with van der Waals surface area (Å²) in [4.78, 5) is 21.8. The van der Waals surface area contributed by atoms with Gasteiger partial charge in [-0.1, -0.05) is 0 Å². The average molecular weight is 298 g/mol. The Morgan fingerprint density at radius 1 is 1.15 bits per heavy atom. The summed E-state index contributed by atoms with van der Waals surface area (Å²) < 4.78 is 61.3. The third kappa shape index (κ3) is 4.37. The van der Waals surface area contributed by atoms with Crippen molar-refractivity contribution in [3.63, 3.8) is 0 Å². The van der Waals surface area contributed by atoms with Crippen molar-refractivity contribution in [1.82, 2.24) is 5.32 Å². The Hall–Kier alpha value is -2.39. The summed E-state index contributed by atoms with van der Waals surface area (Å²) in [5.41, 5.74) is -1.47. The number of alkyl halides is 3. The van der Waals surface area contributed by atoms with Gasteiger partial charge < -0.3 is 15.7 Å². The van der Waals surface area contributed by atoms with Crippen molar-refractivity contribution in [2.45, 2.75) is 6.18 Å². The number of aromatic carboxylic acids is 1. The van der Waals surface area contributed by atoms with E-state index in [4.69, 9.17) is 5.11 Å². The second-order valence-electron chi connectivity index (χ2n) is 3.54. The molecule has 3 N–H and O–H groups in total. The van der Waals surface area contributed by atoms with Gasteiger partial charge in [0.25, 0.3) is 0 Å². The zero-order valence-corrected chi connectivity index (χ0v) is 9.52. The van der Waals surface area contributed by atoms with E-state index in [1.54, 1.807) is 5.32 Å². The van der Waals surface area contributed by atoms with Crippen LogP contribution in [0.1, 0.15) is 10.4 Å². The molecule has 1 aromatic rings. The monoisotopic (exact) mass is 298 g/mol. The lowest BCUT2D eigenvalue weighted by molar-refractivity contribution is -0.122. The maximum absolute atomic E-state index is 12.9. The number of rotatable bonds is 3. The van der Waals surface area contributed by atoms with Gasteiger partial charge >= 0.3 is 18.2 Å². The quantitative estimate of drug-likeness (QED) is 0.749. The average Bonchev–Trinajstić information content (AvgIpc) is 2.29. The minimum Gasteiger partial charge on any atom is -0.478 e. The lowest BCUT2D eigenvalue weighted by Gasteiger charge is -2.11. The molecule has 0 unspecified atom stereocenters. The van der Waals surface area contributed by atoms with Gasteiger partial charge in [0.15, 0.2) is 11.6 Å². The fourth-order valence-corrected chi connectivity index (χ4v) is 1.17. The summed E-state index contributed by atoms with van der Waals surface area (Å²) >= 11 is 0. The van der Waals surface area contributed by atoms with E-state index in [0.717, 1.165) is 0 Å². The summed E-state index contributed by atoms with van der Waals surface area (Å²) in [6, 6.07) is -0.751. The smallest absolute Gasteiger partial charge is 0.405 e. The van der Waals surface area contributed by atoms with Crippen LogP contribution in [0.4, 0.5) is 32.4 Å². The van der Waals surface area contributed by atoms with Crippen LogP contribution in [0.25, 0.3) is 0 Å². The normalized spacial score (nSPS) is 11.1. The van der Waals surface area contributed by atoms with E-state index in [2.05, 4.69) is 0 Å². The SMILES string of the molecule is O=C(NCC(F)(F)F)Nc1cc(F)c(F)cc1C(=O)O. The molecule has 0 aliphatic carbocycles. The molecule has 110 valence electrons.